The highest BCUT2D eigenvalue weighted by molar-refractivity contribution is 6.02. The molecule has 8 N–H and O–H groups in total. The average molecular weight is 619 g/mol. The Kier molecular flexibility index (Phi) is 9.95. The number of aliphatic hydroxyl groups excluding tert-OH is 5. The molecule has 11 heteroatoms. The molecule has 0 amide bonds. The van der Waals surface area contributed by atoms with E-state index in [9.17, 15) is 35.1 Å². The molecule has 2 heterocycles. The molecule has 0 aromatic rings. The van der Waals surface area contributed by atoms with Crippen LogP contribution in [0.2, 0.25) is 0 Å². The van der Waals surface area contributed by atoms with E-state index in [1.165, 1.54) is 19.3 Å². The minimum absolute atomic E-state index is 0.0661. The van der Waals surface area contributed by atoms with Crippen molar-refractivity contribution < 1.29 is 44.6 Å². The molecule has 0 bridgehead atoms. The van der Waals surface area contributed by atoms with Gasteiger partial charge in [0.2, 0.25) is 0 Å². The first-order valence-electron chi connectivity index (χ1n) is 16.8. The highest BCUT2D eigenvalue weighted by Gasteiger charge is 2.56. The van der Waals surface area contributed by atoms with Crippen molar-refractivity contribution in [3.8, 4) is 0 Å². The predicted octanol–water partition coefficient (Wildman–Crippen LogP) is 1.22. The number of allylic oxidation sites excluding steroid dienone is 4. The second-order valence-corrected chi connectivity index (χ2v) is 14.3. The number of carbonyl (C=O) groups excluding carboxylic acids is 2. The van der Waals surface area contributed by atoms with Gasteiger partial charge < -0.3 is 46.1 Å². The van der Waals surface area contributed by atoms with Gasteiger partial charge >= 0.3 is 0 Å². The predicted molar refractivity (Wildman–Crippen MR) is 159 cm³/mol. The highest BCUT2D eigenvalue weighted by Crippen LogP contribution is 2.48. The molecular formula is C33H50N2O9. The molecule has 3 saturated carbocycles. The van der Waals surface area contributed by atoms with Gasteiger partial charge in [-0.25, -0.2) is 0 Å². The van der Waals surface area contributed by atoms with Gasteiger partial charge in [0.25, 0.3) is 0 Å². The average Bonchev–Trinajstić information content (AvgIpc) is 3.02. The zero-order valence-electron chi connectivity index (χ0n) is 25.4. The van der Waals surface area contributed by atoms with Crippen LogP contribution >= 0.6 is 0 Å². The number of nitrogens with one attached hydrogen (secondary N) is 1. The molecule has 6 aliphatic rings. The summed E-state index contributed by atoms with van der Waals surface area (Å²) in [4.78, 5) is 28.0. The third kappa shape index (κ3) is 6.31. The molecule has 0 radical (unpaired) electrons. The molecular weight excluding hydrogens is 568 g/mol. The lowest BCUT2D eigenvalue weighted by atomic mass is 9.59. The summed E-state index contributed by atoms with van der Waals surface area (Å²) in [5, 5.41) is 55.1. The smallest absolute Gasteiger partial charge is 0.186 e. The minimum atomic E-state index is -1.60. The molecule has 6 rings (SSSR count). The van der Waals surface area contributed by atoms with Crippen LogP contribution in [0, 0.1) is 41.4 Å². The van der Waals surface area contributed by atoms with Crippen molar-refractivity contribution in [2.24, 2.45) is 47.2 Å². The molecule has 0 aromatic heterocycles. The number of aliphatic hydroxyl groups is 5. The molecule has 2 aliphatic heterocycles. The molecule has 246 valence electrons. The summed E-state index contributed by atoms with van der Waals surface area (Å²) in [5.41, 5.74) is 6.97. The van der Waals surface area contributed by atoms with Crippen molar-refractivity contribution in [1.82, 2.24) is 5.32 Å². The largest absolute Gasteiger partial charge is 0.512 e. The Balaban J connectivity index is 1.15. The van der Waals surface area contributed by atoms with E-state index in [2.05, 4.69) is 5.32 Å². The van der Waals surface area contributed by atoms with E-state index in [4.69, 9.17) is 15.2 Å². The van der Waals surface area contributed by atoms with Crippen LogP contribution in [0.5, 0.6) is 0 Å². The van der Waals surface area contributed by atoms with E-state index in [-0.39, 0.29) is 23.5 Å². The fourth-order valence-electron chi connectivity index (χ4n) is 9.08. The van der Waals surface area contributed by atoms with Gasteiger partial charge in [-0.2, -0.15) is 0 Å². The third-order valence-corrected chi connectivity index (χ3v) is 11.5. The number of hydrogen-bond acceptors (Lipinski definition) is 11. The van der Waals surface area contributed by atoms with Crippen LogP contribution < -0.4 is 11.1 Å². The number of fused-ring (bicyclic) bond motifs is 2. The lowest BCUT2D eigenvalue weighted by Crippen LogP contribution is -2.61. The molecule has 0 spiro atoms. The van der Waals surface area contributed by atoms with Gasteiger partial charge in [-0.1, -0.05) is 31.8 Å². The first-order chi connectivity index (χ1) is 21.2. The number of Topliss-reactive ketones (excluding diaryl/α,β-unsaturated/α-hetero) is 2. The topological polar surface area (TPSA) is 192 Å². The maximum atomic E-state index is 14.0. The van der Waals surface area contributed by atoms with Crippen LogP contribution in [0.15, 0.2) is 23.5 Å². The van der Waals surface area contributed by atoms with Crippen LogP contribution in [0.1, 0.15) is 70.6 Å². The second-order valence-electron chi connectivity index (χ2n) is 14.3. The van der Waals surface area contributed by atoms with Crippen LogP contribution in [0.25, 0.3) is 0 Å². The van der Waals surface area contributed by atoms with Crippen molar-refractivity contribution in [2.45, 2.75) is 114 Å². The number of ketones is 2. The highest BCUT2D eigenvalue weighted by atomic mass is 16.7. The molecule has 5 fully saturated rings. The number of piperidine rings is 1. The maximum absolute atomic E-state index is 14.0. The molecule has 11 nitrogen and oxygen atoms in total. The van der Waals surface area contributed by atoms with Gasteiger partial charge in [0.1, 0.15) is 36.0 Å². The van der Waals surface area contributed by atoms with Crippen molar-refractivity contribution in [3.05, 3.63) is 23.5 Å². The SMILES string of the molecule is NC1CCC(CC2CCCCC2CC2=CC3C(=O)C4CCCC(OC5OC(CO)C(O)C(O)C5O)C4C(=O)C3C(O)=C2)CN1. The molecule has 4 aliphatic carbocycles. The van der Waals surface area contributed by atoms with Gasteiger partial charge in [0, 0.05) is 5.92 Å². The molecule has 14 unspecified atom stereocenters. The van der Waals surface area contributed by atoms with E-state index < -0.39 is 67.1 Å². The fourth-order valence-corrected chi connectivity index (χ4v) is 9.08. The monoisotopic (exact) mass is 618 g/mol. The van der Waals surface area contributed by atoms with E-state index >= 15 is 0 Å². The number of ether oxygens (including phenoxy) is 2. The fraction of sp³-hybridized carbons (Fsp3) is 0.818. The zero-order chi connectivity index (χ0) is 31.1. The Morgan fingerprint density at radius 1 is 0.932 bits per heavy atom. The van der Waals surface area contributed by atoms with E-state index in [1.54, 1.807) is 6.08 Å². The number of nitrogens with two attached hydrogens (primary N) is 1. The lowest BCUT2D eigenvalue weighted by molar-refractivity contribution is -0.316. The zero-order valence-corrected chi connectivity index (χ0v) is 25.4. The number of rotatable bonds is 7. The molecule has 44 heavy (non-hydrogen) atoms. The summed E-state index contributed by atoms with van der Waals surface area (Å²) < 4.78 is 11.6. The number of carbonyl (C=O) groups is 2. The van der Waals surface area contributed by atoms with Crippen molar-refractivity contribution in [2.75, 3.05) is 13.2 Å². The maximum Gasteiger partial charge on any atom is 0.186 e. The van der Waals surface area contributed by atoms with E-state index in [1.807, 2.05) is 6.08 Å². The first kappa shape index (κ1) is 32.2. The van der Waals surface area contributed by atoms with Gasteiger partial charge in [-0.05, 0) is 80.9 Å². The standard InChI is InChI=1S/C33H50N2O9/c34-25-9-8-16(14-35-25)10-18-4-1-2-5-19(18)11-17-12-21-26(22(37)13-17)30(40)27-20(28(21)38)6-3-7-23(27)43-33-32(42)31(41)29(39)24(15-36)44-33/h12-13,16,18-21,23-27,29,31-33,35-37,39,41-42H,1-11,14-15,34H2. The Hall–Kier alpha value is -1.70. The molecule has 14 atom stereocenters. The summed E-state index contributed by atoms with van der Waals surface area (Å²) in [6, 6.07) is 0. The van der Waals surface area contributed by atoms with Crippen molar-refractivity contribution in [1.29, 1.82) is 0 Å². The Morgan fingerprint density at radius 3 is 2.43 bits per heavy atom. The molecule has 0 aromatic carbocycles. The van der Waals surface area contributed by atoms with Crippen LogP contribution in [-0.2, 0) is 19.1 Å². The van der Waals surface area contributed by atoms with Crippen molar-refractivity contribution in [3.63, 3.8) is 0 Å². The van der Waals surface area contributed by atoms with E-state index in [0.717, 1.165) is 44.2 Å². The first-order valence-corrected chi connectivity index (χ1v) is 16.8. The van der Waals surface area contributed by atoms with Gasteiger partial charge in [-0.15, -0.1) is 0 Å². The van der Waals surface area contributed by atoms with Crippen molar-refractivity contribution >= 4 is 11.6 Å². The minimum Gasteiger partial charge on any atom is -0.512 e. The van der Waals surface area contributed by atoms with Gasteiger partial charge in [0.15, 0.2) is 12.1 Å². The quantitative estimate of drug-likeness (QED) is 0.217. The summed E-state index contributed by atoms with van der Waals surface area (Å²) in [7, 11) is 0. The third-order valence-electron chi connectivity index (χ3n) is 11.5. The van der Waals surface area contributed by atoms with Gasteiger partial charge in [0.05, 0.1) is 36.6 Å². The van der Waals surface area contributed by atoms with Gasteiger partial charge in [-0.3, -0.25) is 9.59 Å². The van der Waals surface area contributed by atoms with E-state index in [0.29, 0.717) is 37.0 Å². The van der Waals surface area contributed by atoms with Crippen LogP contribution in [0.4, 0.5) is 0 Å². The molecule has 2 saturated heterocycles. The Morgan fingerprint density at radius 2 is 1.70 bits per heavy atom. The second kappa shape index (κ2) is 13.6. The van der Waals surface area contributed by atoms with Crippen LogP contribution in [-0.4, -0.2) is 93.2 Å². The summed E-state index contributed by atoms with van der Waals surface area (Å²) in [6.07, 6.45) is 6.13. The summed E-state index contributed by atoms with van der Waals surface area (Å²) in [5.74, 6) is -1.79. The lowest BCUT2D eigenvalue weighted by Gasteiger charge is -2.47. The normalized spacial score (nSPS) is 46.5. The van der Waals surface area contributed by atoms with Crippen LogP contribution in [0.3, 0.4) is 0 Å². The summed E-state index contributed by atoms with van der Waals surface area (Å²) in [6.45, 7) is 0.363. The summed E-state index contributed by atoms with van der Waals surface area (Å²) >= 11 is 0. The Labute approximate surface area is 258 Å². The Bertz CT molecular complexity index is 1120. The number of hydrogen-bond donors (Lipinski definition) is 7.